The molecule has 1 heteroatoms. The van der Waals surface area contributed by atoms with Crippen molar-refractivity contribution in [1.29, 1.82) is 0 Å². The monoisotopic (exact) mass is 306 g/mol. The van der Waals surface area contributed by atoms with Crippen molar-refractivity contribution in [3.8, 4) is 0 Å². The first-order chi connectivity index (χ1) is 7.69. The van der Waals surface area contributed by atoms with E-state index in [1.165, 1.54) is 36.8 Å². The summed E-state index contributed by atoms with van der Waals surface area (Å²) in [5.74, 6) is 0. The Morgan fingerprint density at radius 1 is 0.824 bits per heavy atom. The van der Waals surface area contributed by atoms with Crippen LogP contribution in [0.15, 0.2) is 46.6 Å². The molecule has 2 rings (SSSR count). The summed E-state index contributed by atoms with van der Waals surface area (Å²) in [5, 5.41) is 0. The van der Waals surface area contributed by atoms with Gasteiger partial charge in [0.1, 0.15) is 0 Å². The predicted molar refractivity (Wildman–Crippen MR) is 73.5 cm³/mol. The van der Waals surface area contributed by atoms with Crippen molar-refractivity contribution in [2.45, 2.75) is 53.4 Å². The Morgan fingerprint density at radius 3 is 1.29 bits per heavy atom. The summed E-state index contributed by atoms with van der Waals surface area (Å²) in [6.07, 6.45) is 13.7. The first-order valence-electron chi connectivity index (χ1n) is 6.39. The maximum Gasteiger partial charge on any atom is 0 e. The van der Waals surface area contributed by atoms with Gasteiger partial charge in [-0.3, -0.25) is 0 Å². The second-order valence-electron chi connectivity index (χ2n) is 4.49. The minimum atomic E-state index is 0. The van der Waals surface area contributed by atoms with Gasteiger partial charge in [-0.1, -0.05) is 60.4 Å². The quantitative estimate of drug-likeness (QED) is 0.645. The molecule has 0 unspecified atom stereocenters. The minimum absolute atomic E-state index is 0. The van der Waals surface area contributed by atoms with Crippen molar-refractivity contribution in [3.05, 3.63) is 46.6 Å². The first kappa shape index (κ1) is 16.8. The molecule has 0 nitrogen and oxygen atoms in total. The Balaban J connectivity index is 0.000000284. The Labute approximate surface area is 126 Å². The zero-order valence-corrected chi connectivity index (χ0v) is 14.1. The zero-order valence-electron chi connectivity index (χ0n) is 11.6. The van der Waals surface area contributed by atoms with Gasteiger partial charge in [0, 0.05) is 26.2 Å². The van der Waals surface area contributed by atoms with Crippen LogP contribution in [0.4, 0.5) is 0 Å². The maximum absolute atomic E-state index is 2.23. The Bertz CT molecular complexity index is 318. The van der Waals surface area contributed by atoms with Crippen LogP contribution in [0.5, 0.6) is 0 Å². The average molecular weight is 308 g/mol. The van der Waals surface area contributed by atoms with E-state index in [0.29, 0.717) is 0 Å². The fraction of sp³-hybridized carbons (Fsp3) is 0.500. The number of rotatable bonds is 2. The summed E-state index contributed by atoms with van der Waals surface area (Å²) in [6, 6.07) is 0. The second kappa shape index (κ2) is 8.86. The van der Waals surface area contributed by atoms with Crippen molar-refractivity contribution in [1.82, 2.24) is 0 Å². The summed E-state index contributed by atoms with van der Waals surface area (Å²) in [5.41, 5.74) is 6.16. The second-order valence-corrected chi connectivity index (χ2v) is 4.49. The fourth-order valence-corrected chi connectivity index (χ4v) is 2.16. The molecular weight excluding hydrogens is 283 g/mol. The van der Waals surface area contributed by atoms with E-state index >= 15 is 0 Å². The van der Waals surface area contributed by atoms with Crippen LogP contribution >= 0.6 is 0 Å². The van der Waals surface area contributed by atoms with Crippen LogP contribution in [0.2, 0.25) is 0 Å². The van der Waals surface area contributed by atoms with Gasteiger partial charge in [0.25, 0.3) is 0 Å². The molecule has 17 heavy (non-hydrogen) atoms. The smallest absolute Gasteiger partial charge is 0 e. The third-order valence-electron chi connectivity index (χ3n) is 3.43. The standard InChI is InChI=1S/2C8H12.Zr/c2*1-3-8-6-4-5-7(8)2;/h2*4-5H,3,6H2,1-2H3;. The van der Waals surface area contributed by atoms with E-state index in [2.05, 4.69) is 52.0 Å². The van der Waals surface area contributed by atoms with Crippen molar-refractivity contribution in [2.75, 3.05) is 0 Å². The zero-order chi connectivity index (χ0) is 12.0. The molecule has 0 aliphatic heterocycles. The maximum atomic E-state index is 2.23. The molecule has 0 aromatic heterocycles. The number of hydrogen-bond donors (Lipinski definition) is 0. The molecular formula is C16H24Zr. The SMILES string of the molecule is CCC1=C(C)C=CC1.CCC1=C(C)C=CC1.[Zr]. The van der Waals surface area contributed by atoms with Gasteiger partial charge in [-0.2, -0.15) is 0 Å². The van der Waals surface area contributed by atoms with E-state index in [4.69, 9.17) is 0 Å². The topological polar surface area (TPSA) is 0 Å². The molecule has 0 atom stereocenters. The Morgan fingerprint density at radius 2 is 1.18 bits per heavy atom. The van der Waals surface area contributed by atoms with Crippen LogP contribution in [-0.4, -0.2) is 0 Å². The van der Waals surface area contributed by atoms with Gasteiger partial charge in [-0.25, -0.2) is 0 Å². The Kier molecular flexibility index (Phi) is 8.78. The third-order valence-corrected chi connectivity index (χ3v) is 3.43. The van der Waals surface area contributed by atoms with E-state index in [0.717, 1.165) is 0 Å². The first-order valence-corrected chi connectivity index (χ1v) is 6.39. The van der Waals surface area contributed by atoms with E-state index in [1.54, 1.807) is 11.1 Å². The predicted octanol–water partition coefficient (Wildman–Crippen LogP) is 5.34. The molecule has 0 spiro atoms. The molecule has 0 aromatic rings. The molecule has 0 heterocycles. The summed E-state index contributed by atoms with van der Waals surface area (Å²) < 4.78 is 0. The normalized spacial score (nSPS) is 17.2. The van der Waals surface area contributed by atoms with Crippen molar-refractivity contribution < 1.29 is 26.2 Å². The third kappa shape index (κ3) is 5.34. The van der Waals surface area contributed by atoms with E-state index in [-0.39, 0.29) is 26.2 Å². The molecule has 2 aliphatic carbocycles. The largest absolute Gasteiger partial charge is 0.0802 e. The molecule has 0 saturated heterocycles. The summed E-state index contributed by atoms with van der Waals surface area (Å²) >= 11 is 0. The van der Waals surface area contributed by atoms with Gasteiger partial charge in [0.2, 0.25) is 0 Å². The minimum Gasteiger partial charge on any atom is -0.0802 e. The molecule has 0 aromatic carbocycles. The van der Waals surface area contributed by atoms with Crippen LogP contribution in [0, 0.1) is 0 Å². The number of hydrogen-bond acceptors (Lipinski definition) is 0. The number of allylic oxidation sites excluding steroid dienone is 8. The van der Waals surface area contributed by atoms with Crippen LogP contribution in [0.3, 0.4) is 0 Å². The van der Waals surface area contributed by atoms with Gasteiger partial charge in [0.15, 0.2) is 0 Å². The van der Waals surface area contributed by atoms with Crippen LogP contribution in [0.1, 0.15) is 53.4 Å². The molecule has 0 N–H and O–H groups in total. The van der Waals surface area contributed by atoms with Gasteiger partial charge in [0.05, 0.1) is 0 Å². The molecule has 0 bridgehead atoms. The molecule has 0 fully saturated rings. The molecule has 0 radical (unpaired) electrons. The Hall–Kier alpha value is -0.157. The van der Waals surface area contributed by atoms with Crippen LogP contribution < -0.4 is 0 Å². The fourth-order valence-electron chi connectivity index (χ4n) is 2.16. The van der Waals surface area contributed by atoms with Crippen LogP contribution in [0.25, 0.3) is 0 Å². The molecule has 0 amide bonds. The van der Waals surface area contributed by atoms with Crippen molar-refractivity contribution >= 4 is 0 Å². The van der Waals surface area contributed by atoms with Crippen molar-refractivity contribution in [3.63, 3.8) is 0 Å². The molecule has 92 valence electrons. The average Bonchev–Trinajstić information content (AvgIpc) is 2.87. The summed E-state index contributed by atoms with van der Waals surface area (Å²) in [6.45, 7) is 8.79. The van der Waals surface area contributed by atoms with Gasteiger partial charge < -0.3 is 0 Å². The van der Waals surface area contributed by atoms with Crippen LogP contribution in [-0.2, 0) is 26.2 Å². The van der Waals surface area contributed by atoms with Gasteiger partial charge >= 0.3 is 0 Å². The van der Waals surface area contributed by atoms with Gasteiger partial charge in [-0.05, 0) is 39.5 Å². The molecule has 2 aliphatic rings. The van der Waals surface area contributed by atoms with E-state index in [9.17, 15) is 0 Å². The van der Waals surface area contributed by atoms with E-state index < -0.39 is 0 Å². The van der Waals surface area contributed by atoms with Crippen molar-refractivity contribution in [2.24, 2.45) is 0 Å². The summed E-state index contributed by atoms with van der Waals surface area (Å²) in [7, 11) is 0. The van der Waals surface area contributed by atoms with Gasteiger partial charge in [-0.15, -0.1) is 0 Å². The summed E-state index contributed by atoms with van der Waals surface area (Å²) in [4.78, 5) is 0. The van der Waals surface area contributed by atoms with E-state index in [1.807, 2.05) is 0 Å². The molecule has 0 saturated carbocycles.